The largest absolute Gasteiger partial charge is 0.510 e. The van der Waals surface area contributed by atoms with Gasteiger partial charge in [-0.2, -0.15) is 0 Å². The number of carboxylic acids is 1. The number of phenols is 1. The van der Waals surface area contributed by atoms with E-state index in [4.69, 9.17) is 34.8 Å². The molecule has 300 valence electrons. The molecule has 2 atom stereocenters. The molecule has 0 saturated carbocycles. The molecule has 2 amide bonds. The Morgan fingerprint density at radius 3 is 2.51 bits per heavy atom. The summed E-state index contributed by atoms with van der Waals surface area (Å²) in [7, 11) is 0. The summed E-state index contributed by atoms with van der Waals surface area (Å²) in [5.41, 5.74) is 7.86. The minimum Gasteiger partial charge on any atom is -0.508 e. The Balaban J connectivity index is 1.15. The first-order valence-corrected chi connectivity index (χ1v) is 18.5. The monoisotopic (exact) mass is 785 g/mol. The predicted molar refractivity (Wildman–Crippen MR) is 203 cm³/mol. The molecule has 0 fully saturated rings. The number of hydrogen-bond acceptors (Lipinski definition) is 13. The number of carboxylic acid groups (broad SMARTS) is 1. The van der Waals surface area contributed by atoms with E-state index in [2.05, 4.69) is 10.6 Å². The lowest BCUT2D eigenvalue weighted by Gasteiger charge is -2.35. The molecule has 6 rings (SSSR count). The Labute approximate surface area is 326 Å². The molecule has 0 saturated heterocycles. The molecule has 4 heterocycles. The second kappa shape index (κ2) is 17.2. The highest BCUT2D eigenvalue weighted by molar-refractivity contribution is 5.97. The number of aliphatic carboxylic acids is 1. The zero-order chi connectivity index (χ0) is 40.9. The average Bonchev–Trinajstić information content (AvgIpc) is 3.55. The Kier molecular flexibility index (Phi) is 12.2. The number of nitrogens with one attached hydrogen (secondary N) is 2. The number of aromatic nitrogens is 2. The molecule has 0 radical (unpaired) electrons. The van der Waals surface area contributed by atoms with Crippen molar-refractivity contribution >= 4 is 46.5 Å². The van der Waals surface area contributed by atoms with Gasteiger partial charge in [-0.15, -0.1) is 0 Å². The highest BCUT2D eigenvalue weighted by atomic mass is 16.7. The van der Waals surface area contributed by atoms with Crippen LogP contribution in [0.1, 0.15) is 67.3 Å². The summed E-state index contributed by atoms with van der Waals surface area (Å²) in [5, 5.41) is 24.9. The number of carbonyl (C=O) groups excluding carboxylic acids is 4. The Morgan fingerprint density at radius 2 is 1.81 bits per heavy atom. The summed E-state index contributed by atoms with van der Waals surface area (Å²) in [6.07, 6.45) is 0.825. The molecular weight excluding hydrogens is 742 g/mol. The molecule has 17 heteroatoms. The van der Waals surface area contributed by atoms with Crippen LogP contribution in [-0.2, 0) is 69.9 Å². The van der Waals surface area contributed by atoms with E-state index in [1.54, 1.807) is 60.0 Å². The number of fused-ring (bicyclic) bond motifs is 5. The maximum absolute atomic E-state index is 14.0. The normalized spacial score (nSPS) is 15.8. The third-order valence-corrected chi connectivity index (χ3v) is 10.0. The molecule has 0 unspecified atom stereocenters. The van der Waals surface area contributed by atoms with Gasteiger partial charge in [-0.1, -0.05) is 26.0 Å². The van der Waals surface area contributed by atoms with Crippen molar-refractivity contribution in [2.75, 3.05) is 25.1 Å². The molecule has 0 bridgehead atoms. The highest BCUT2D eigenvalue weighted by Gasteiger charge is 2.51. The van der Waals surface area contributed by atoms with Crippen LogP contribution in [0, 0.1) is 0 Å². The van der Waals surface area contributed by atoms with Gasteiger partial charge in [0.25, 0.3) is 5.56 Å². The second-order valence-electron chi connectivity index (χ2n) is 13.7. The number of hydrogen-bond donors (Lipinski definition) is 5. The first kappa shape index (κ1) is 40.3. The molecule has 0 spiro atoms. The lowest BCUT2D eigenvalue weighted by Crippen LogP contribution is -2.47. The van der Waals surface area contributed by atoms with Crippen LogP contribution in [0.3, 0.4) is 0 Å². The van der Waals surface area contributed by atoms with E-state index in [-0.39, 0.29) is 49.5 Å². The molecular formula is C40H43N5O12. The maximum atomic E-state index is 14.0. The van der Waals surface area contributed by atoms with Crippen molar-refractivity contribution in [2.45, 2.75) is 77.4 Å². The van der Waals surface area contributed by atoms with Crippen molar-refractivity contribution in [2.24, 2.45) is 5.73 Å². The van der Waals surface area contributed by atoms with Gasteiger partial charge in [0.15, 0.2) is 0 Å². The number of amides is 2. The molecule has 57 heavy (non-hydrogen) atoms. The molecule has 2 aliphatic rings. The molecule has 2 aromatic heterocycles. The number of esters is 1. The number of pyridine rings is 2. The molecule has 17 nitrogen and oxygen atoms in total. The van der Waals surface area contributed by atoms with Crippen LogP contribution in [0.5, 0.6) is 5.75 Å². The lowest BCUT2D eigenvalue weighted by molar-refractivity contribution is -0.175. The topological polar surface area (TPSA) is 248 Å². The van der Waals surface area contributed by atoms with E-state index >= 15 is 0 Å². The van der Waals surface area contributed by atoms with Gasteiger partial charge in [-0.05, 0) is 86.2 Å². The van der Waals surface area contributed by atoms with Crippen LogP contribution in [0.15, 0.2) is 53.3 Å². The third kappa shape index (κ3) is 8.44. The van der Waals surface area contributed by atoms with E-state index < -0.39 is 60.3 Å². The summed E-state index contributed by atoms with van der Waals surface area (Å²) in [6.45, 7) is 2.47. The zero-order valence-corrected chi connectivity index (χ0v) is 31.4. The van der Waals surface area contributed by atoms with E-state index in [1.165, 1.54) is 0 Å². The van der Waals surface area contributed by atoms with Crippen LogP contribution in [-0.4, -0.2) is 75.5 Å². The average molecular weight is 786 g/mol. The highest BCUT2D eigenvalue weighted by Crippen LogP contribution is 2.42. The van der Waals surface area contributed by atoms with Crippen molar-refractivity contribution in [3.8, 4) is 17.1 Å². The van der Waals surface area contributed by atoms with Crippen LogP contribution in [0.2, 0.25) is 0 Å². The van der Waals surface area contributed by atoms with Gasteiger partial charge in [0, 0.05) is 22.2 Å². The van der Waals surface area contributed by atoms with Gasteiger partial charge in [0.1, 0.15) is 38.2 Å². The summed E-state index contributed by atoms with van der Waals surface area (Å²) in [4.78, 5) is 81.6. The number of carbonyl (C=O) groups is 5. The van der Waals surface area contributed by atoms with Gasteiger partial charge in [-0.3, -0.25) is 14.4 Å². The second-order valence-corrected chi connectivity index (χ2v) is 13.7. The molecule has 2 aliphatic heterocycles. The minimum absolute atomic E-state index is 0.0637. The summed E-state index contributed by atoms with van der Waals surface area (Å²) >= 11 is 0. The lowest BCUT2D eigenvalue weighted by atomic mass is 9.85. The summed E-state index contributed by atoms with van der Waals surface area (Å²) < 4.78 is 23.0. The van der Waals surface area contributed by atoms with Crippen LogP contribution < -0.4 is 21.9 Å². The number of rotatable bonds is 16. The van der Waals surface area contributed by atoms with Gasteiger partial charge in [0.2, 0.25) is 17.4 Å². The van der Waals surface area contributed by atoms with Crippen molar-refractivity contribution in [3.63, 3.8) is 0 Å². The molecule has 6 N–H and O–H groups in total. The SMILES string of the molecule is CCc1c2c(nc3ccc(O)cc13)-c1cc3c(c(=O)n1C2)COC(=O)[C@@]3(CC)OC(=O)OCc1ccc(NC(=O)[C@H](CCCCN)NC(=O)COCC(=O)O)cc1. The molecule has 0 aliphatic carbocycles. The van der Waals surface area contributed by atoms with Gasteiger partial charge in [-0.25, -0.2) is 19.4 Å². The summed E-state index contributed by atoms with van der Waals surface area (Å²) in [6, 6.07) is 11.9. The fourth-order valence-electron chi connectivity index (χ4n) is 7.17. The predicted octanol–water partition coefficient (Wildman–Crippen LogP) is 3.36. The van der Waals surface area contributed by atoms with Gasteiger partial charge < -0.3 is 50.1 Å². The van der Waals surface area contributed by atoms with E-state index in [9.17, 15) is 33.9 Å². The number of aryl methyl sites for hydroxylation is 1. The number of phenolic OH excluding ortho intramolecular Hbond substituents is 1. The smallest absolute Gasteiger partial charge is 0.508 e. The number of cyclic esters (lactones) is 1. The first-order valence-electron chi connectivity index (χ1n) is 18.5. The Bertz CT molecular complexity index is 2290. The number of benzene rings is 2. The number of ether oxygens (including phenoxy) is 4. The van der Waals surface area contributed by atoms with E-state index in [1.807, 2.05) is 6.92 Å². The zero-order valence-electron chi connectivity index (χ0n) is 31.4. The van der Waals surface area contributed by atoms with Crippen LogP contribution in [0.25, 0.3) is 22.3 Å². The van der Waals surface area contributed by atoms with E-state index in [0.29, 0.717) is 54.0 Å². The number of nitrogens with two attached hydrogens (primary N) is 1. The van der Waals surface area contributed by atoms with Crippen molar-refractivity contribution in [3.05, 3.63) is 86.7 Å². The quantitative estimate of drug-likeness (QED) is 0.0711. The van der Waals surface area contributed by atoms with Crippen LogP contribution >= 0.6 is 0 Å². The number of unbranched alkanes of at least 4 members (excludes halogenated alkanes) is 1. The number of anilines is 1. The van der Waals surface area contributed by atoms with E-state index in [0.717, 1.165) is 16.5 Å². The Morgan fingerprint density at radius 1 is 1.04 bits per heavy atom. The van der Waals surface area contributed by atoms with Crippen molar-refractivity contribution in [1.82, 2.24) is 14.9 Å². The molecule has 2 aromatic carbocycles. The van der Waals surface area contributed by atoms with Crippen molar-refractivity contribution < 1.29 is 53.1 Å². The standard InChI is InChI=1S/C40H43N5O12/c1-3-25-26-15-24(46)12-13-30(26)44-35-27(25)17-45-32(35)16-29-28(37(45)51)19-55-38(52)40(29,4-2)57-39(53)56-18-22-8-10-23(11-9-22)42-36(50)31(7-5-6-14-41)43-33(47)20-54-21-34(48)49/h8-13,15-16,31,46H,3-7,14,17-21,41H2,1-2H3,(H,42,50)(H,43,47)(H,48,49)/t31-,40-/m0/s1. The Hall–Kier alpha value is -6.33. The first-order chi connectivity index (χ1) is 27.4. The minimum atomic E-state index is -1.98. The maximum Gasteiger partial charge on any atom is 0.510 e. The number of aromatic hydroxyl groups is 1. The van der Waals surface area contributed by atoms with Gasteiger partial charge >= 0.3 is 18.1 Å². The fraction of sp³-hybridized carbons (Fsp3) is 0.375. The van der Waals surface area contributed by atoms with Gasteiger partial charge in [0.05, 0.1) is 29.0 Å². The van der Waals surface area contributed by atoms with Crippen molar-refractivity contribution in [1.29, 1.82) is 0 Å². The molecule has 4 aromatic rings. The third-order valence-electron chi connectivity index (χ3n) is 10.0. The fourth-order valence-corrected chi connectivity index (χ4v) is 7.17. The summed E-state index contributed by atoms with van der Waals surface area (Å²) in [5.74, 6) is -3.15. The van der Waals surface area contributed by atoms with Crippen LogP contribution in [0.4, 0.5) is 10.5 Å². The number of nitrogens with zero attached hydrogens (tertiary/aromatic N) is 2.